The molecule has 8 heteroatoms. The molecule has 2 aromatic carbocycles. The predicted octanol–water partition coefficient (Wildman–Crippen LogP) is 7.60. The molecule has 1 aromatic heterocycles. The first-order valence-electron chi connectivity index (χ1n) is 14.3. The molecule has 0 saturated heterocycles. The minimum absolute atomic E-state index is 0. The summed E-state index contributed by atoms with van der Waals surface area (Å²) in [5, 5.41) is 16.4. The van der Waals surface area contributed by atoms with Crippen molar-refractivity contribution in [3.63, 3.8) is 0 Å². The number of nitrogens with two attached hydrogens (primary N) is 1. The quantitative estimate of drug-likeness (QED) is 0.149. The zero-order valence-electron chi connectivity index (χ0n) is 24.4. The molecule has 7 nitrogen and oxygen atoms in total. The highest BCUT2D eigenvalue weighted by molar-refractivity contribution is 5.99. The summed E-state index contributed by atoms with van der Waals surface area (Å²) in [5.74, 6) is -0.418. The number of tetrazole rings is 1. The van der Waals surface area contributed by atoms with Gasteiger partial charge < -0.3 is 11.1 Å². The van der Waals surface area contributed by atoms with E-state index in [4.69, 9.17) is 5.73 Å². The number of anilines is 2. The Kier molecular flexibility index (Phi) is 13.4. The Labute approximate surface area is 240 Å². The van der Waals surface area contributed by atoms with Gasteiger partial charge in [-0.15, -0.1) is 22.6 Å². The Morgan fingerprint density at radius 1 is 0.846 bits per heavy atom. The van der Waals surface area contributed by atoms with Crippen molar-refractivity contribution < 1.29 is 4.79 Å². The van der Waals surface area contributed by atoms with Crippen LogP contribution in [0.1, 0.15) is 111 Å². The highest BCUT2D eigenvalue weighted by Crippen LogP contribution is 2.33. The number of carbonyl (C=O) groups is 1. The fourth-order valence-electron chi connectivity index (χ4n) is 4.99. The zero-order chi connectivity index (χ0) is 27.5. The molecule has 1 amide bonds. The highest BCUT2D eigenvalue weighted by Gasteiger charge is 2.29. The molecule has 1 atom stereocenters. The largest absolute Gasteiger partial charge is 0.398 e. The van der Waals surface area contributed by atoms with E-state index in [1.165, 1.54) is 51.4 Å². The molecule has 0 saturated carbocycles. The lowest BCUT2D eigenvalue weighted by Gasteiger charge is -2.21. The van der Waals surface area contributed by atoms with Gasteiger partial charge in [-0.05, 0) is 67.1 Å². The molecule has 0 spiro atoms. The predicted molar refractivity (Wildman–Crippen MR) is 164 cm³/mol. The van der Waals surface area contributed by atoms with E-state index in [-0.39, 0.29) is 18.3 Å². The van der Waals surface area contributed by atoms with E-state index >= 15 is 0 Å². The van der Waals surface area contributed by atoms with Crippen molar-refractivity contribution in [3.05, 3.63) is 64.0 Å². The number of amides is 1. The molecule has 3 rings (SSSR count). The molecule has 1 heterocycles. The lowest BCUT2D eigenvalue weighted by Crippen LogP contribution is -2.25. The topological polar surface area (TPSA) is 98.7 Å². The standard InChI is InChI=1S/C31H46N6O.ClH/c1-6-7-8-9-10-11-12-13-14-18-21-37-35-30(34-36-37)27(26-19-16-15-17-20-26)31(38)33-29-24(4)22(2)28(32)23(3)25(29)5;/h15-17,19-20,27H,6-14,18,21,32H2,1-5H3,(H,33,38);1H. The molecule has 0 aliphatic carbocycles. The van der Waals surface area contributed by atoms with Crippen LogP contribution in [-0.4, -0.2) is 26.1 Å². The number of aryl methyl sites for hydroxylation is 1. The summed E-state index contributed by atoms with van der Waals surface area (Å²) in [6, 6.07) is 9.67. The van der Waals surface area contributed by atoms with Gasteiger partial charge in [0.05, 0.1) is 6.54 Å². The number of unbranched alkanes of at least 4 members (excludes halogenated alkanes) is 9. The first kappa shape index (κ1) is 32.3. The Morgan fingerprint density at radius 3 is 1.95 bits per heavy atom. The summed E-state index contributed by atoms with van der Waals surface area (Å²) in [6.45, 7) is 10.9. The molecule has 3 N–H and O–H groups in total. The summed E-state index contributed by atoms with van der Waals surface area (Å²) >= 11 is 0. The average Bonchev–Trinajstić information content (AvgIpc) is 3.38. The Hall–Kier alpha value is -2.93. The lowest BCUT2D eigenvalue weighted by atomic mass is 9.94. The van der Waals surface area contributed by atoms with Crippen LogP contribution < -0.4 is 11.1 Å². The van der Waals surface area contributed by atoms with Crippen LogP contribution in [0.5, 0.6) is 0 Å². The van der Waals surface area contributed by atoms with Gasteiger partial charge in [-0.25, -0.2) is 0 Å². The number of nitrogen functional groups attached to an aromatic ring is 1. The fraction of sp³-hybridized carbons (Fsp3) is 0.548. The fourth-order valence-corrected chi connectivity index (χ4v) is 4.99. The van der Waals surface area contributed by atoms with Gasteiger partial charge in [-0.1, -0.05) is 95.0 Å². The van der Waals surface area contributed by atoms with Crippen LogP contribution in [0, 0.1) is 27.7 Å². The molecule has 39 heavy (non-hydrogen) atoms. The van der Waals surface area contributed by atoms with Crippen molar-refractivity contribution in [2.45, 2.75) is 111 Å². The SMILES string of the molecule is CCCCCCCCCCCCn1nnc(C(C(=O)Nc2c(C)c(C)c(N)c(C)c2C)c2ccccc2)n1.Cl. The van der Waals surface area contributed by atoms with Crippen molar-refractivity contribution in [2.24, 2.45) is 0 Å². The number of hydrogen-bond donors (Lipinski definition) is 2. The van der Waals surface area contributed by atoms with Crippen LogP contribution >= 0.6 is 12.4 Å². The van der Waals surface area contributed by atoms with Gasteiger partial charge in [-0.2, -0.15) is 4.80 Å². The molecule has 214 valence electrons. The second-order valence-electron chi connectivity index (χ2n) is 10.5. The third-order valence-corrected chi connectivity index (χ3v) is 7.76. The molecule has 3 aromatic rings. The monoisotopic (exact) mass is 554 g/mol. The first-order chi connectivity index (χ1) is 18.3. The summed E-state index contributed by atoms with van der Waals surface area (Å²) in [7, 11) is 0. The summed E-state index contributed by atoms with van der Waals surface area (Å²) < 4.78 is 0. The number of nitrogens with one attached hydrogen (secondary N) is 1. The van der Waals surface area contributed by atoms with Crippen molar-refractivity contribution in [1.82, 2.24) is 20.2 Å². The number of nitrogens with zero attached hydrogens (tertiary/aromatic N) is 4. The smallest absolute Gasteiger partial charge is 0.239 e. The normalized spacial score (nSPS) is 11.7. The van der Waals surface area contributed by atoms with Crippen molar-refractivity contribution in [1.29, 1.82) is 0 Å². The van der Waals surface area contributed by atoms with Crippen molar-refractivity contribution >= 4 is 29.7 Å². The number of rotatable bonds is 15. The van der Waals surface area contributed by atoms with Crippen LogP contribution in [0.4, 0.5) is 11.4 Å². The average molecular weight is 555 g/mol. The van der Waals surface area contributed by atoms with E-state index in [1.54, 1.807) is 4.80 Å². The molecule has 0 fully saturated rings. The second-order valence-corrected chi connectivity index (χ2v) is 10.5. The van der Waals surface area contributed by atoms with E-state index in [0.29, 0.717) is 12.4 Å². The summed E-state index contributed by atoms with van der Waals surface area (Å²) in [4.78, 5) is 15.4. The number of benzene rings is 2. The second kappa shape index (κ2) is 16.2. The number of carbonyl (C=O) groups excluding carboxylic acids is 1. The van der Waals surface area contributed by atoms with E-state index in [9.17, 15) is 4.79 Å². The molecule has 1 unspecified atom stereocenters. The van der Waals surface area contributed by atoms with Gasteiger partial charge in [0.2, 0.25) is 5.91 Å². The van der Waals surface area contributed by atoms with Gasteiger partial charge in [0.1, 0.15) is 5.92 Å². The minimum Gasteiger partial charge on any atom is -0.398 e. The maximum atomic E-state index is 13.7. The van der Waals surface area contributed by atoms with Crippen molar-refractivity contribution in [3.8, 4) is 0 Å². The van der Waals surface area contributed by atoms with Crippen LogP contribution in [-0.2, 0) is 11.3 Å². The van der Waals surface area contributed by atoms with Gasteiger partial charge in [-0.3, -0.25) is 4.79 Å². The van der Waals surface area contributed by atoms with Gasteiger partial charge in [0.15, 0.2) is 5.82 Å². The molecule has 0 bridgehead atoms. The van der Waals surface area contributed by atoms with Crippen LogP contribution in [0.25, 0.3) is 0 Å². The van der Waals surface area contributed by atoms with Crippen LogP contribution in [0.15, 0.2) is 30.3 Å². The van der Waals surface area contributed by atoms with Gasteiger partial charge in [0, 0.05) is 11.4 Å². The Balaban J connectivity index is 0.00000533. The lowest BCUT2D eigenvalue weighted by molar-refractivity contribution is -0.116. The molecular weight excluding hydrogens is 508 g/mol. The molecule has 0 aliphatic rings. The zero-order valence-corrected chi connectivity index (χ0v) is 25.2. The van der Waals surface area contributed by atoms with Crippen LogP contribution in [0.2, 0.25) is 0 Å². The summed E-state index contributed by atoms with van der Waals surface area (Å²) in [6.07, 6.45) is 12.8. The number of hydrogen-bond acceptors (Lipinski definition) is 5. The maximum Gasteiger partial charge on any atom is 0.239 e. The van der Waals surface area contributed by atoms with E-state index in [0.717, 1.165) is 52.0 Å². The van der Waals surface area contributed by atoms with E-state index in [2.05, 4.69) is 27.7 Å². The van der Waals surface area contributed by atoms with E-state index < -0.39 is 5.92 Å². The number of aromatic nitrogens is 4. The first-order valence-corrected chi connectivity index (χ1v) is 14.3. The van der Waals surface area contributed by atoms with E-state index in [1.807, 2.05) is 58.0 Å². The van der Waals surface area contributed by atoms with Crippen molar-refractivity contribution in [2.75, 3.05) is 11.1 Å². The molecule has 0 radical (unpaired) electrons. The number of halogens is 1. The third-order valence-electron chi connectivity index (χ3n) is 7.76. The molecular formula is C31H47ClN6O. The minimum atomic E-state index is -0.658. The van der Waals surface area contributed by atoms with Crippen LogP contribution in [0.3, 0.4) is 0 Å². The third kappa shape index (κ3) is 8.79. The maximum absolute atomic E-state index is 13.7. The van der Waals surface area contributed by atoms with Gasteiger partial charge in [0.25, 0.3) is 0 Å². The Bertz CT molecular complexity index is 1150. The van der Waals surface area contributed by atoms with Gasteiger partial charge >= 0.3 is 0 Å². The Morgan fingerprint density at radius 2 is 1.38 bits per heavy atom. The highest BCUT2D eigenvalue weighted by atomic mass is 35.5. The summed E-state index contributed by atoms with van der Waals surface area (Å²) in [5.41, 5.74) is 12.6. The molecule has 0 aliphatic heterocycles.